The van der Waals surface area contributed by atoms with Gasteiger partial charge in [0.2, 0.25) is 0 Å². The molecule has 6 heteroatoms. The Morgan fingerprint density at radius 1 is 1.29 bits per heavy atom. The van der Waals surface area contributed by atoms with E-state index < -0.39 is 5.91 Å². The molecule has 14 heavy (non-hydrogen) atoms. The molecular weight excluding hydrogens is 182 g/mol. The lowest BCUT2D eigenvalue weighted by Crippen LogP contribution is -2.13. The summed E-state index contributed by atoms with van der Waals surface area (Å²) in [6, 6.07) is 3.20. The van der Waals surface area contributed by atoms with Gasteiger partial charge in [0.05, 0.1) is 18.6 Å². The normalized spacial score (nSPS) is 10.0. The molecule has 6 nitrogen and oxygen atoms in total. The average molecular weight is 189 g/mol. The number of hydrogen-bond donors (Lipinski definition) is 1. The van der Waals surface area contributed by atoms with Crippen LogP contribution < -0.4 is 5.73 Å². The molecule has 0 aliphatic heterocycles. The maximum atomic E-state index is 10.7. The number of carbonyl (C=O) groups is 1. The topological polar surface area (TPSA) is 86.7 Å². The molecule has 1 amide bonds. The van der Waals surface area contributed by atoms with E-state index in [2.05, 4.69) is 15.2 Å². The summed E-state index contributed by atoms with van der Waals surface area (Å²) in [5, 5.41) is 7.82. The molecule has 0 radical (unpaired) electrons. The van der Waals surface area contributed by atoms with Crippen LogP contribution in [0, 0.1) is 0 Å². The van der Waals surface area contributed by atoms with Crippen LogP contribution in [-0.2, 0) is 0 Å². The summed E-state index contributed by atoms with van der Waals surface area (Å²) < 4.78 is 0. The molecule has 0 aliphatic rings. The van der Waals surface area contributed by atoms with Gasteiger partial charge in [0.1, 0.15) is 11.4 Å². The van der Waals surface area contributed by atoms with Gasteiger partial charge in [-0.1, -0.05) is 0 Å². The second-order valence-electron chi connectivity index (χ2n) is 2.58. The predicted molar refractivity (Wildman–Crippen MR) is 47.7 cm³/mol. The van der Waals surface area contributed by atoms with Gasteiger partial charge in [-0.25, -0.2) is 4.98 Å². The second-order valence-corrected chi connectivity index (χ2v) is 2.58. The van der Waals surface area contributed by atoms with E-state index in [1.807, 2.05) is 0 Å². The molecule has 2 heterocycles. The van der Waals surface area contributed by atoms with Gasteiger partial charge >= 0.3 is 0 Å². The lowest BCUT2D eigenvalue weighted by Gasteiger charge is -1.98. The molecule has 70 valence electrons. The van der Waals surface area contributed by atoms with Crippen LogP contribution in [0.15, 0.2) is 30.7 Å². The van der Waals surface area contributed by atoms with Gasteiger partial charge in [0.15, 0.2) is 0 Å². The number of carbonyl (C=O) groups excluding carboxylic acids is 1. The molecule has 2 aromatic rings. The Balaban J connectivity index is 2.36. The first-order valence-electron chi connectivity index (χ1n) is 3.90. The van der Waals surface area contributed by atoms with E-state index in [-0.39, 0.29) is 5.69 Å². The molecule has 0 spiro atoms. The van der Waals surface area contributed by atoms with Crippen molar-refractivity contribution in [1.82, 2.24) is 20.0 Å². The molecule has 0 aliphatic carbocycles. The number of rotatable bonds is 2. The SMILES string of the molecule is NC(=O)c1ccc(-n2nccn2)cn1. The van der Waals surface area contributed by atoms with Crippen molar-refractivity contribution < 1.29 is 4.79 Å². The number of amides is 1. The summed E-state index contributed by atoms with van der Waals surface area (Å²) in [5.74, 6) is -0.551. The van der Waals surface area contributed by atoms with Crippen molar-refractivity contribution in [2.45, 2.75) is 0 Å². The zero-order chi connectivity index (χ0) is 9.97. The minimum Gasteiger partial charge on any atom is -0.364 e. The monoisotopic (exact) mass is 189 g/mol. The van der Waals surface area contributed by atoms with E-state index in [4.69, 9.17) is 5.73 Å². The van der Waals surface area contributed by atoms with E-state index in [0.29, 0.717) is 5.69 Å². The van der Waals surface area contributed by atoms with Gasteiger partial charge in [0, 0.05) is 0 Å². The Bertz CT molecular complexity index is 433. The van der Waals surface area contributed by atoms with Crippen molar-refractivity contribution in [2.75, 3.05) is 0 Å². The number of primary amides is 1. The predicted octanol–water partition coefficient (Wildman–Crippen LogP) is -0.239. The first kappa shape index (κ1) is 8.36. The summed E-state index contributed by atoms with van der Waals surface area (Å²) in [6.07, 6.45) is 4.60. The Hall–Kier alpha value is -2.24. The van der Waals surface area contributed by atoms with Gasteiger partial charge in [0.25, 0.3) is 5.91 Å². The van der Waals surface area contributed by atoms with Crippen LogP contribution in [-0.4, -0.2) is 25.9 Å². The van der Waals surface area contributed by atoms with Gasteiger partial charge < -0.3 is 5.73 Å². The van der Waals surface area contributed by atoms with Gasteiger partial charge in [-0.05, 0) is 12.1 Å². The van der Waals surface area contributed by atoms with E-state index in [9.17, 15) is 4.79 Å². The lowest BCUT2D eigenvalue weighted by molar-refractivity contribution is 0.0995. The molecule has 2 N–H and O–H groups in total. The molecule has 0 aromatic carbocycles. The van der Waals surface area contributed by atoms with Crippen LogP contribution in [0.3, 0.4) is 0 Å². The van der Waals surface area contributed by atoms with Crippen molar-refractivity contribution in [3.8, 4) is 5.69 Å². The van der Waals surface area contributed by atoms with E-state index >= 15 is 0 Å². The summed E-state index contributed by atoms with van der Waals surface area (Å²) in [5.41, 5.74) is 5.95. The van der Waals surface area contributed by atoms with Crippen LogP contribution in [0.5, 0.6) is 0 Å². The molecule has 0 fully saturated rings. The Labute approximate surface area is 79.4 Å². The van der Waals surface area contributed by atoms with Crippen molar-refractivity contribution >= 4 is 5.91 Å². The maximum absolute atomic E-state index is 10.7. The zero-order valence-electron chi connectivity index (χ0n) is 7.16. The third-order valence-electron chi connectivity index (χ3n) is 1.65. The number of aromatic nitrogens is 4. The first-order valence-corrected chi connectivity index (χ1v) is 3.90. The lowest BCUT2D eigenvalue weighted by atomic mass is 10.3. The number of nitrogens with two attached hydrogens (primary N) is 1. The van der Waals surface area contributed by atoms with Crippen molar-refractivity contribution in [3.63, 3.8) is 0 Å². The molecule has 0 bridgehead atoms. The van der Waals surface area contributed by atoms with E-state index in [1.165, 1.54) is 17.1 Å². The van der Waals surface area contributed by atoms with Crippen molar-refractivity contribution in [1.29, 1.82) is 0 Å². The molecule has 0 unspecified atom stereocenters. The number of nitrogens with zero attached hydrogens (tertiary/aromatic N) is 4. The third-order valence-corrected chi connectivity index (χ3v) is 1.65. The fraction of sp³-hybridized carbons (Fsp3) is 0. The highest BCUT2D eigenvalue weighted by molar-refractivity contribution is 5.90. The average Bonchev–Trinajstić information content (AvgIpc) is 2.71. The largest absolute Gasteiger partial charge is 0.364 e. The molecule has 0 saturated heterocycles. The smallest absolute Gasteiger partial charge is 0.267 e. The van der Waals surface area contributed by atoms with Crippen molar-refractivity contribution in [2.24, 2.45) is 5.73 Å². The molecule has 2 aromatic heterocycles. The standard InChI is InChI=1S/C8H7N5O/c9-8(14)7-2-1-6(5-10-7)13-11-3-4-12-13/h1-5H,(H2,9,14). The Kier molecular flexibility index (Phi) is 1.94. The van der Waals surface area contributed by atoms with E-state index in [0.717, 1.165) is 0 Å². The zero-order valence-corrected chi connectivity index (χ0v) is 7.16. The summed E-state index contributed by atoms with van der Waals surface area (Å²) >= 11 is 0. The fourth-order valence-corrected chi connectivity index (χ4v) is 0.999. The molecule has 0 atom stereocenters. The van der Waals surface area contributed by atoms with Gasteiger partial charge in [-0.2, -0.15) is 15.0 Å². The maximum Gasteiger partial charge on any atom is 0.267 e. The third kappa shape index (κ3) is 1.45. The van der Waals surface area contributed by atoms with E-state index in [1.54, 1.807) is 18.5 Å². The highest BCUT2D eigenvalue weighted by Gasteiger charge is 2.02. The first-order chi connectivity index (χ1) is 6.77. The van der Waals surface area contributed by atoms with Crippen LogP contribution in [0.1, 0.15) is 10.5 Å². The molecular formula is C8H7N5O. The highest BCUT2D eigenvalue weighted by atomic mass is 16.1. The Morgan fingerprint density at radius 3 is 2.50 bits per heavy atom. The van der Waals surface area contributed by atoms with Gasteiger partial charge in [-0.15, -0.1) is 0 Å². The fourth-order valence-electron chi connectivity index (χ4n) is 0.999. The minimum absolute atomic E-state index is 0.223. The second kappa shape index (κ2) is 3.25. The highest BCUT2D eigenvalue weighted by Crippen LogP contribution is 2.02. The quantitative estimate of drug-likeness (QED) is 0.706. The number of pyridine rings is 1. The summed E-state index contributed by atoms with van der Waals surface area (Å²) in [7, 11) is 0. The van der Waals surface area contributed by atoms with Gasteiger partial charge in [-0.3, -0.25) is 4.79 Å². The summed E-state index contributed by atoms with van der Waals surface area (Å²) in [6.45, 7) is 0. The van der Waals surface area contributed by atoms with Crippen LogP contribution in [0.25, 0.3) is 5.69 Å². The van der Waals surface area contributed by atoms with Crippen LogP contribution in [0.2, 0.25) is 0 Å². The summed E-state index contributed by atoms with van der Waals surface area (Å²) in [4.78, 5) is 16.0. The Morgan fingerprint density at radius 2 is 2.00 bits per heavy atom. The van der Waals surface area contributed by atoms with Crippen LogP contribution in [0.4, 0.5) is 0 Å². The number of hydrogen-bond acceptors (Lipinski definition) is 4. The molecule has 2 rings (SSSR count). The minimum atomic E-state index is -0.551. The van der Waals surface area contributed by atoms with Crippen LogP contribution >= 0.6 is 0 Å². The molecule has 0 saturated carbocycles. The van der Waals surface area contributed by atoms with Crippen molar-refractivity contribution in [3.05, 3.63) is 36.4 Å².